The molecule has 0 spiro atoms. The standard InChI is InChI=1S/C20H27N3O/c1-4-17-7-6-8-18(5-2)19(17)23-20(21)22-13-15-9-11-16(12-10-15)14-24-3/h6-12H,4-5,13-14H2,1-3H3,(H3,21,22,23). The van der Waals surface area contributed by atoms with Gasteiger partial charge in [0.15, 0.2) is 5.96 Å². The smallest absolute Gasteiger partial charge is 0.193 e. The molecule has 2 aromatic rings. The average Bonchev–Trinajstić information content (AvgIpc) is 2.61. The normalized spacial score (nSPS) is 11.5. The van der Waals surface area contributed by atoms with Gasteiger partial charge >= 0.3 is 0 Å². The van der Waals surface area contributed by atoms with E-state index in [1.165, 1.54) is 11.1 Å². The van der Waals surface area contributed by atoms with Crippen molar-refractivity contribution in [2.24, 2.45) is 10.7 Å². The highest BCUT2D eigenvalue weighted by Gasteiger charge is 2.07. The molecule has 0 amide bonds. The topological polar surface area (TPSA) is 59.6 Å². The number of benzene rings is 2. The molecule has 24 heavy (non-hydrogen) atoms. The van der Waals surface area contributed by atoms with Gasteiger partial charge in [-0.15, -0.1) is 0 Å². The lowest BCUT2D eigenvalue weighted by Gasteiger charge is -2.14. The molecule has 4 heteroatoms. The van der Waals surface area contributed by atoms with Crippen LogP contribution < -0.4 is 11.1 Å². The van der Waals surface area contributed by atoms with Crippen LogP contribution in [0.1, 0.15) is 36.1 Å². The predicted molar refractivity (Wildman–Crippen MR) is 101 cm³/mol. The Balaban J connectivity index is 2.06. The number of hydrogen-bond donors (Lipinski definition) is 2. The lowest BCUT2D eigenvalue weighted by molar-refractivity contribution is 0.185. The van der Waals surface area contributed by atoms with Crippen LogP contribution in [0.25, 0.3) is 0 Å². The maximum atomic E-state index is 6.10. The highest BCUT2D eigenvalue weighted by Crippen LogP contribution is 2.22. The third-order valence-corrected chi connectivity index (χ3v) is 4.02. The molecule has 2 aromatic carbocycles. The summed E-state index contributed by atoms with van der Waals surface area (Å²) in [6.07, 6.45) is 1.93. The summed E-state index contributed by atoms with van der Waals surface area (Å²) in [5.41, 5.74) is 12.0. The third-order valence-electron chi connectivity index (χ3n) is 4.02. The van der Waals surface area contributed by atoms with Crippen molar-refractivity contribution in [3.8, 4) is 0 Å². The summed E-state index contributed by atoms with van der Waals surface area (Å²) in [7, 11) is 1.70. The minimum atomic E-state index is 0.451. The Kier molecular flexibility index (Phi) is 6.82. The maximum Gasteiger partial charge on any atom is 0.193 e. The van der Waals surface area contributed by atoms with Gasteiger partial charge in [-0.2, -0.15) is 0 Å². The fourth-order valence-electron chi connectivity index (χ4n) is 2.65. The number of para-hydroxylation sites is 1. The Morgan fingerprint density at radius 2 is 1.58 bits per heavy atom. The van der Waals surface area contributed by atoms with Crippen molar-refractivity contribution >= 4 is 11.6 Å². The second-order valence-electron chi connectivity index (χ2n) is 5.73. The maximum absolute atomic E-state index is 6.10. The van der Waals surface area contributed by atoms with Gasteiger partial charge < -0.3 is 15.8 Å². The summed E-state index contributed by atoms with van der Waals surface area (Å²) in [6, 6.07) is 14.6. The first-order chi connectivity index (χ1) is 11.7. The Bertz CT molecular complexity index is 656. The molecule has 0 fully saturated rings. The molecular weight excluding hydrogens is 298 g/mol. The Labute approximate surface area is 144 Å². The molecule has 0 unspecified atom stereocenters. The van der Waals surface area contributed by atoms with E-state index in [2.05, 4.69) is 66.6 Å². The Morgan fingerprint density at radius 3 is 2.12 bits per heavy atom. The molecule has 0 radical (unpaired) electrons. The van der Waals surface area contributed by atoms with Crippen LogP contribution in [-0.4, -0.2) is 13.1 Å². The molecule has 0 saturated carbocycles. The molecule has 0 saturated heterocycles. The van der Waals surface area contributed by atoms with Gasteiger partial charge in [-0.3, -0.25) is 0 Å². The van der Waals surface area contributed by atoms with E-state index in [4.69, 9.17) is 10.5 Å². The number of ether oxygens (including phenoxy) is 1. The number of nitrogens with two attached hydrogens (primary N) is 1. The fraction of sp³-hybridized carbons (Fsp3) is 0.350. The van der Waals surface area contributed by atoms with E-state index in [9.17, 15) is 0 Å². The van der Waals surface area contributed by atoms with Crippen LogP contribution in [-0.2, 0) is 30.7 Å². The van der Waals surface area contributed by atoms with Gasteiger partial charge in [0.1, 0.15) is 0 Å². The zero-order valence-corrected chi connectivity index (χ0v) is 14.8. The van der Waals surface area contributed by atoms with Gasteiger partial charge in [0, 0.05) is 12.8 Å². The molecule has 0 aromatic heterocycles. The van der Waals surface area contributed by atoms with Gasteiger partial charge in [0.25, 0.3) is 0 Å². The minimum absolute atomic E-state index is 0.451. The van der Waals surface area contributed by atoms with Crippen molar-refractivity contribution in [1.29, 1.82) is 0 Å². The van der Waals surface area contributed by atoms with Crippen LogP contribution in [0.5, 0.6) is 0 Å². The number of rotatable bonds is 7. The molecule has 0 aliphatic rings. The lowest BCUT2D eigenvalue weighted by atomic mass is 10.0. The van der Waals surface area contributed by atoms with E-state index in [0.29, 0.717) is 19.1 Å². The molecule has 0 bridgehead atoms. The van der Waals surface area contributed by atoms with Crippen LogP contribution in [0.2, 0.25) is 0 Å². The first-order valence-corrected chi connectivity index (χ1v) is 8.42. The van der Waals surface area contributed by atoms with Gasteiger partial charge in [-0.25, -0.2) is 4.99 Å². The summed E-state index contributed by atoms with van der Waals surface area (Å²) in [5.74, 6) is 0.451. The molecule has 2 rings (SSSR count). The van der Waals surface area contributed by atoms with Gasteiger partial charge in [0.05, 0.1) is 13.2 Å². The van der Waals surface area contributed by atoms with Crippen LogP contribution >= 0.6 is 0 Å². The number of aryl methyl sites for hydroxylation is 2. The van der Waals surface area contributed by atoms with E-state index in [0.717, 1.165) is 29.7 Å². The molecule has 128 valence electrons. The van der Waals surface area contributed by atoms with Crippen LogP contribution in [0.4, 0.5) is 5.69 Å². The zero-order valence-electron chi connectivity index (χ0n) is 14.8. The van der Waals surface area contributed by atoms with Crippen LogP contribution in [0.3, 0.4) is 0 Å². The van der Waals surface area contributed by atoms with Crippen molar-refractivity contribution in [2.45, 2.75) is 39.8 Å². The first-order valence-electron chi connectivity index (χ1n) is 8.42. The van der Waals surface area contributed by atoms with E-state index in [1.54, 1.807) is 7.11 Å². The zero-order chi connectivity index (χ0) is 17.4. The summed E-state index contributed by atoms with van der Waals surface area (Å²) in [6.45, 7) is 5.48. The number of methoxy groups -OCH3 is 1. The highest BCUT2D eigenvalue weighted by molar-refractivity contribution is 5.93. The fourth-order valence-corrected chi connectivity index (χ4v) is 2.65. The molecule has 0 aliphatic carbocycles. The van der Waals surface area contributed by atoms with Crippen LogP contribution in [0.15, 0.2) is 47.5 Å². The second-order valence-corrected chi connectivity index (χ2v) is 5.73. The monoisotopic (exact) mass is 325 g/mol. The quantitative estimate of drug-likeness (QED) is 0.600. The summed E-state index contributed by atoms with van der Waals surface area (Å²) in [5, 5.41) is 3.29. The van der Waals surface area contributed by atoms with Crippen molar-refractivity contribution in [2.75, 3.05) is 12.4 Å². The first kappa shape index (κ1) is 18.0. The van der Waals surface area contributed by atoms with Crippen molar-refractivity contribution in [3.63, 3.8) is 0 Å². The summed E-state index contributed by atoms with van der Waals surface area (Å²) >= 11 is 0. The van der Waals surface area contributed by atoms with Gasteiger partial charge in [-0.05, 0) is 35.1 Å². The van der Waals surface area contributed by atoms with E-state index < -0.39 is 0 Å². The molecule has 0 atom stereocenters. The van der Waals surface area contributed by atoms with Crippen molar-refractivity contribution < 1.29 is 4.74 Å². The second kappa shape index (κ2) is 9.08. The van der Waals surface area contributed by atoms with Gasteiger partial charge in [0.2, 0.25) is 0 Å². The van der Waals surface area contributed by atoms with Crippen molar-refractivity contribution in [1.82, 2.24) is 0 Å². The molecule has 3 N–H and O–H groups in total. The lowest BCUT2D eigenvalue weighted by Crippen LogP contribution is -2.24. The Morgan fingerprint density at radius 1 is 1.00 bits per heavy atom. The average molecular weight is 325 g/mol. The summed E-state index contributed by atoms with van der Waals surface area (Å²) < 4.78 is 5.12. The Hall–Kier alpha value is -2.33. The number of guanidine groups is 1. The molecule has 4 nitrogen and oxygen atoms in total. The molecule has 0 aliphatic heterocycles. The predicted octanol–water partition coefficient (Wildman–Crippen LogP) is 3.88. The van der Waals surface area contributed by atoms with E-state index >= 15 is 0 Å². The number of anilines is 1. The number of nitrogens with one attached hydrogen (secondary N) is 1. The van der Waals surface area contributed by atoms with Crippen molar-refractivity contribution in [3.05, 3.63) is 64.7 Å². The largest absolute Gasteiger partial charge is 0.380 e. The molecule has 0 heterocycles. The third kappa shape index (κ3) is 4.83. The molecular formula is C20H27N3O. The minimum Gasteiger partial charge on any atom is -0.380 e. The SMILES string of the molecule is CCc1cccc(CC)c1NC(N)=NCc1ccc(COC)cc1. The van der Waals surface area contributed by atoms with E-state index in [-0.39, 0.29) is 0 Å². The van der Waals surface area contributed by atoms with Gasteiger partial charge in [-0.1, -0.05) is 56.3 Å². The van der Waals surface area contributed by atoms with Crippen LogP contribution in [0, 0.1) is 0 Å². The van der Waals surface area contributed by atoms with E-state index in [1.807, 2.05) is 0 Å². The highest BCUT2D eigenvalue weighted by atomic mass is 16.5. The summed E-state index contributed by atoms with van der Waals surface area (Å²) in [4.78, 5) is 4.47. The number of hydrogen-bond acceptors (Lipinski definition) is 2. The number of nitrogens with zero attached hydrogens (tertiary/aromatic N) is 1. The number of aliphatic imine (C=N–C) groups is 1.